The van der Waals surface area contributed by atoms with Crippen LogP contribution in [0.1, 0.15) is 38.2 Å². The van der Waals surface area contributed by atoms with E-state index in [0.29, 0.717) is 42.8 Å². The van der Waals surface area contributed by atoms with E-state index in [2.05, 4.69) is 6.92 Å². The van der Waals surface area contributed by atoms with Gasteiger partial charge in [0.1, 0.15) is 0 Å². The first kappa shape index (κ1) is 25.6. The second-order valence-electron chi connectivity index (χ2n) is 9.56. The monoisotopic (exact) mass is 539 g/mol. The highest BCUT2D eigenvalue weighted by molar-refractivity contribution is 7.98. The van der Waals surface area contributed by atoms with Gasteiger partial charge in [0.2, 0.25) is 10.0 Å². The van der Waals surface area contributed by atoms with Gasteiger partial charge in [0.15, 0.2) is 22.6 Å². The molecule has 0 unspecified atom stereocenters. The molecule has 2 atom stereocenters. The van der Waals surface area contributed by atoms with Crippen molar-refractivity contribution in [1.82, 2.24) is 13.9 Å². The lowest BCUT2D eigenvalue weighted by Crippen LogP contribution is -2.39. The number of hydrogen-bond donors (Lipinski definition) is 0. The van der Waals surface area contributed by atoms with Gasteiger partial charge in [-0.05, 0) is 67.5 Å². The summed E-state index contributed by atoms with van der Waals surface area (Å²) >= 11 is 1.25. The lowest BCUT2D eigenvalue weighted by molar-refractivity contribution is 0.0960. The van der Waals surface area contributed by atoms with E-state index in [0.717, 1.165) is 43.3 Å². The maximum Gasteiger partial charge on any atom is 0.243 e. The second-order valence-corrected chi connectivity index (χ2v) is 12.4. The van der Waals surface area contributed by atoms with Crippen molar-refractivity contribution in [1.29, 1.82) is 0 Å². The molecule has 0 radical (unpaired) electrons. The number of rotatable bonds is 7. The van der Waals surface area contributed by atoms with E-state index in [1.54, 1.807) is 22.5 Å². The zero-order chi connectivity index (χ0) is 25.4. The summed E-state index contributed by atoms with van der Waals surface area (Å²) in [5.74, 6) is -3.49. The molecule has 6 nitrogen and oxygen atoms in total. The zero-order valence-corrected chi connectivity index (χ0v) is 21.6. The molecular weight excluding hydrogens is 511 g/mol. The Labute approximate surface area is 212 Å². The molecule has 0 spiro atoms. The average molecular weight is 540 g/mol. The molecule has 2 saturated heterocycles. The lowest BCUT2D eigenvalue weighted by Gasteiger charge is -2.30. The predicted octanol–water partition coefficient (Wildman–Crippen LogP) is 5.35. The van der Waals surface area contributed by atoms with Crippen molar-refractivity contribution in [2.75, 3.05) is 19.7 Å². The van der Waals surface area contributed by atoms with Gasteiger partial charge in [0, 0.05) is 25.4 Å². The maximum atomic E-state index is 13.7. The molecule has 0 aliphatic carbocycles. The number of nitrogens with zero attached hydrogens (tertiary/aromatic N) is 3. The number of imidazole rings is 1. The molecule has 0 saturated carbocycles. The van der Waals surface area contributed by atoms with Gasteiger partial charge in [-0.15, -0.1) is 0 Å². The van der Waals surface area contributed by atoms with Crippen LogP contribution in [-0.4, -0.2) is 48.1 Å². The summed E-state index contributed by atoms with van der Waals surface area (Å²) in [5, 5.41) is 0.576. The van der Waals surface area contributed by atoms with Gasteiger partial charge in [-0.25, -0.2) is 26.6 Å². The van der Waals surface area contributed by atoms with Gasteiger partial charge in [-0.1, -0.05) is 18.7 Å². The van der Waals surface area contributed by atoms with Gasteiger partial charge in [-0.2, -0.15) is 4.31 Å². The number of aromatic nitrogens is 2. The Bertz CT molecular complexity index is 1350. The van der Waals surface area contributed by atoms with Crippen LogP contribution in [-0.2, 0) is 27.1 Å². The van der Waals surface area contributed by atoms with Crippen molar-refractivity contribution < 1.29 is 26.3 Å². The molecule has 3 aromatic rings. The second kappa shape index (κ2) is 10.4. The Morgan fingerprint density at radius 1 is 1.11 bits per heavy atom. The van der Waals surface area contributed by atoms with Gasteiger partial charge in [-0.3, -0.25) is 0 Å². The SMILES string of the molecule is C[C@H]1CCCN(S(=O)(=O)c2ccc3c(c2)nc(SCc2cc(F)c(F)c(F)c2)n3C[C@H]2CCCO2)C1. The van der Waals surface area contributed by atoms with Crippen LogP contribution in [0.25, 0.3) is 11.0 Å². The molecule has 11 heteroatoms. The number of fused-ring (bicyclic) bond motifs is 1. The van der Waals surface area contributed by atoms with E-state index in [9.17, 15) is 21.6 Å². The Morgan fingerprint density at radius 3 is 2.58 bits per heavy atom. The summed E-state index contributed by atoms with van der Waals surface area (Å²) in [4.78, 5) is 4.89. The number of sulfonamides is 1. The first-order chi connectivity index (χ1) is 17.2. The highest BCUT2D eigenvalue weighted by Crippen LogP contribution is 2.32. The summed E-state index contributed by atoms with van der Waals surface area (Å²) in [7, 11) is -3.65. The van der Waals surface area contributed by atoms with Crippen LogP contribution in [0.4, 0.5) is 13.2 Å². The van der Waals surface area contributed by atoms with E-state index in [1.807, 2.05) is 4.57 Å². The van der Waals surface area contributed by atoms with Crippen LogP contribution in [0.15, 0.2) is 40.4 Å². The van der Waals surface area contributed by atoms with Gasteiger partial charge in [0.25, 0.3) is 0 Å². The molecule has 2 aliphatic heterocycles. The van der Waals surface area contributed by atoms with Crippen LogP contribution in [0.2, 0.25) is 0 Å². The van der Waals surface area contributed by atoms with Crippen LogP contribution < -0.4 is 0 Å². The first-order valence-corrected chi connectivity index (χ1v) is 14.5. The van der Waals surface area contributed by atoms with Crippen molar-refractivity contribution in [3.05, 3.63) is 53.3 Å². The Balaban J connectivity index is 1.47. The fourth-order valence-corrected chi connectivity index (χ4v) is 7.45. The van der Waals surface area contributed by atoms with Crippen LogP contribution >= 0.6 is 11.8 Å². The number of ether oxygens (including phenoxy) is 1. The zero-order valence-electron chi connectivity index (χ0n) is 19.9. The topological polar surface area (TPSA) is 64.4 Å². The highest BCUT2D eigenvalue weighted by atomic mass is 32.2. The third kappa shape index (κ3) is 5.16. The van der Waals surface area contributed by atoms with Crippen molar-refractivity contribution in [2.45, 2.75) is 61.1 Å². The lowest BCUT2D eigenvalue weighted by atomic mass is 10.0. The molecule has 3 heterocycles. The van der Waals surface area contributed by atoms with E-state index >= 15 is 0 Å². The minimum absolute atomic E-state index is 0.000654. The molecule has 36 heavy (non-hydrogen) atoms. The van der Waals surface area contributed by atoms with E-state index < -0.39 is 27.5 Å². The van der Waals surface area contributed by atoms with Crippen LogP contribution in [0.3, 0.4) is 0 Å². The maximum absolute atomic E-state index is 13.7. The molecule has 5 rings (SSSR count). The number of piperidine rings is 1. The summed E-state index contributed by atoms with van der Waals surface area (Å²) in [5.41, 5.74) is 1.57. The molecule has 2 aromatic carbocycles. The standard InChI is InChI=1S/C25H28F3N3O3S2/c1-16-4-2-8-30(13-16)36(32,33)19-6-7-23-22(12-19)29-25(31(23)14-18-5-3-9-34-18)35-15-17-10-20(26)24(28)21(27)11-17/h6-7,10-12,16,18H,2-5,8-9,13-15H2,1H3/t16-,18+/m0/s1. The Kier molecular flexibility index (Phi) is 7.35. The Morgan fingerprint density at radius 2 is 1.89 bits per heavy atom. The minimum atomic E-state index is -3.65. The van der Waals surface area contributed by atoms with Gasteiger partial charge >= 0.3 is 0 Å². The van der Waals surface area contributed by atoms with Crippen LogP contribution in [0, 0.1) is 23.4 Å². The van der Waals surface area contributed by atoms with Gasteiger partial charge < -0.3 is 9.30 Å². The fraction of sp³-hybridized carbons (Fsp3) is 0.480. The van der Waals surface area contributed by atoms with E-state index in [-0.39, 0.29) is 22.3 Å². The number of thioether (sulfide) groups is 1. The molecule has 0 bridgehead atoms. The smallest absolute Gasteiger partial charge is 0.243 e. The van der Waals surface area contributed by atoms with E-state index in [4.69, 9.17) is 9.72 Å². The molecular formula is C25H28F3N3O3S2. The fourth-order valence-electron chi connectivity index (χ4n) is 4.88. The molecule has 0 amide bonds. The van der Waals surface area contributed by atoms with E-state index in [1.165, 1.54) is 11.8 Å². The third-order valence-corrected chi connectivity index (χ3v) is 9.67. The molecule has 0 N–H and O–H groups in total. The number of benzene rings is 2. The van der Waals surface area contributed by atoms with Crippen molar-refractivity contribution in [3.63, 3.8) is 0 Å². The summed E-state index contributed by atoms with van der Waals surface area (Å²) < 4.78 is 76.7. The van der Waals surface area contributed by atoms with Crippen molar-refractivity contribution >= 4 is 32.8 Å². The van der Waals surface area contributed by atoms with Crippen molar-refractivity contribution in [3.8, 4) is 0 Å². The first-order valence-electron chi connectivity index (χ1n) is 12.1. The summed E-state index contributed by atoms with van der Waals surface area (Å²) in [6.45, 7) is 4.27. The third-order valence-electron chi connectivity index (χ3n) is 6.76. The van der Waals surface area contributed by atoms with Gasteiger partial charge in [0.05, 0.1) is 28.6 Å². The number of hydrogen-bond acceptors (Lipinski definition) is 5. The molecule has 194 valence electrons. The summed E-state index contributed by atoms with van der Waals surface area (Å²) in [6.07, 6.45) is 3.72. The average Bonchev–Trinajstić information content (AvgIpc) is 3.49. The normalized spacial score (nSPS) is 21.4. The Hall–Kier alpha value is -2.08. The van der Waals surface area contributed by atoms with Crippen LogP contribution in [0.5, 0.6) is 0 Å². The molecule has 2 aliphatic rings. The molecule has 1 aromatic heterocycles. The highest BCUT2D eigenvalue weighted by Gasteiger charge is 2.29. The quantitative estimate of drug-likeness (QED) is 0.299. The molecule has 2 fully saturated rings. The number of halogens is 3. The minimum Gasteiger partial charge on any atom is -0.376 e. The summed E-state index contributed by atoms with van der Waals surface area (Å²) in [6, 6.07) is 6.92. The predicted molar refractivity (Wildman–Crippen MR) is 132 cm³/mol. The largest absolute Gasteiger partial charge is 0.376 e. The van der Waals surface area contributed by atoms with Crippen molar-refractivity contribution in [2.24, 2.45) is 5.92 Å².